The smallest absolute Gasteiger partial charge is 0.317 e. The fourth-order valence-electron chi connectivity index (χ4n) is 2.29. The zero-order chi connectivity index (χ0) is 15.4. The van der Waals surface area contributed by atoms with Crippen LogP contribution in [0.3, 0.4) is 0 Å². The third kappa shape index (κ3) is 3.76. The van der Waals surface area contributed by atoms with Gasteiger partial charge < -0.3 is 5.11 Å². The number of benzene rings is 1. The molecule has 0 radical (unpaired) electrons. The first-order valence-corrected chi connectivity index (χ1v) is 7.00. The van der Waals surface area contributed by atoms with Crippen LogP contribution >= 0.6 is 0 Å². The molecule has 21 heavy (non-hydrogen) atoms. The summed E-state index contributed by atoms with van der Waals surface area (Å²) in [5.41, 5.74) is 1.23. The van der Waals surface area contributed by atoms with Gasteiger partial charge in [0, 0.05) is 24.2 Å². The molecule has 1 heterocycles. The average Bonchev–Trinajstić information content (AvgIpc) is 2.45. The van der Waals surface area contributed by atoms with Crippen molar-refractivity contribution in [1.29, 1.82) is 0 Å². The third-order valence-electron chi connectivity index (χ3n) is 3.66. The van der Waals surface area contributed by atoms with Crippen LogP contribution in [0.25, 0.3) is 10.9 Å². The van der Waals surface area contributed by atoms with Gasteiger partial charge in [-0.25, -0.2) is 4.39 Å². The van der Waals surface area contributed by atoms with Crippen molar-refractivity contribution in [2.45, 2.75) is 32.9 Å². The molecule has 0 spiro atoms. The molecule has 0 saturated carbocycles. The summed E-state index contributed by atoms with van der Waals surface area (Å²) in [7, 11) is 0. The molecule has 0 aliphatic carbocycles. The van der Waals surface area contributed by atoms with Crippen LogP contribution in [-0.4, -0.2) is 33.5 Å². The fourth-order valence-corrected chi connectivity index (χ4v) is 2.29. The normalized spacial score (nSPS) is 12.8. The fraction of sp³-hybridized carbons (Fsp3) is 0.375. The molecule has 4 nitrogen and oxygen atoms in total. The lowest BCUT2D eigenvalue weighted by Crippen LogP contribution is -2.36. The number of para-hydroxylation sites is 1. The topological polar surface area (TPSA) is 53.4 Å². The van der Waals surface area contributed by atoms with Crippen LogP contribution in [0, 0.1) is 5.82 Å². The maximum absolute atomic E-state index is 13.6. The van der Waals surface area contributed by atoms with Gasteiger partial charge in [0.1, 0.15) is 11.3 Å². The number of hydrogen-bond acceptors (Lipinski definition) is 3. The summed E-state index contributed by atoms with van der Waals surface area (Å²) in [6.45, 7) is 4.49. The molecule has 1 N–H and O–H groups in total. The van der Waals surface area contributed by atoms with Gasteiger partial charge >= 0.3 is 5.97 Å². The average molecular weight is 290 g/mol. The number of fused-ring (bicyclic) bond motifs is 1. The van der Waals surface area contributed by atoms with Crippen LogP contribution in [0.15, 0.2) is 30.5 Å². The second-order valence-corrected chi connectivity index (χ2v) is 5.21. The lowest BCUT2D eigenvalue weighted by molar-refractivity contribution is -0.139. The van der Waals surface area contributed by atoms with Gasteiger partial charge in [-0.3, -0.25) is 14.7 Å². The van der Waals surface area contributed by atoms with Crippen LogP contribution in [0.2, 0.25) is 0 Å². The predicted octanol–water partition coefficient (Wildman–Crippen LogP) is 3.06. The van der Waals surface area contributed by atoms with E-state index < -0.39 is 5.97 Å². The first kappa shape index (κ1) is 15.4. The van der Waals surface area contributed by atoms with Crippen LogP contribution in [0.5, 0.6) is 0 Å². The highest BCUT2D eigenvalue weighted by Crippen LogP contribution is 2.18. The number of carboxylic acid groups (broad SMARTS) is 1. The number of hydrogen-bond donors (Lipinski definition) is 1. The number of rotatable bonds is 6. The number of pyridine rings is 1. The van der Waals surface area contributed by atoms with E-state index in [-0.39, 0.29) is 18.4 Å². The van der Waals surface area contributed by atoms with E-state index in [0.717, 1.165) is 17.4 Å². The maximum Gasteiger partial charge on any atom is 0.317 e. The van der Waals surface area contributed by atoms with Crippen molar-refractivity contribution < 1.29 is 14.3 Å². The second kappa shape index (κ2) is 6.63. The molecular formula is C16H19FN2O2. The Balaban J connectivity index is 2.26. The van der Waals surface area contributed by atoms with Gasteiger partial charge in [-0.05, 0) is 31.0 Å². The number of halogens is 1. The van der Waals surface area contributed by atoms with E-state index in [1.54, 1.807) is 18.3 Å². The molecule has 1 aromatic carbocycles. The summed E-state index contributed by atoms with van der Waals surface area (Å²) in [6.07, 6.45) is 2.48. The lowest BCUT2D eigenvalue weighted by Gasteiger charge is -2.26. The lowest BCUT2D eigenvalue weighted by atomic mass is 10.1. The minimum atomic E-state index is -0.852. The van der Waals surface area contributed by atoms with Crippen LogP contribution in [0.1, 0.15) is 25.8 Å². The molecule has 0 saturated heterocycles. The first-order valence-electron chi connectivity index (χ1n) is 7.00. The second-order valence-electron chi connectivity index (χ2n) is 5.21. The van der Waals surface area contributed by atoms with Gasteiger partial charge in [0.05, 0.1) is 6.54 Å². The van der Waals surface area contributed by atoms with Gasteiger partial charge in [0.15, 0.2) is 0 Å². The molecule has 1 unspecified atom stereocenters. The summed E-state index contributed by atoms with van der Waals surface area (Å²) < 4.78 is 13.6. The van der Waals surface area contributed by atoms with E-state index in [9.17, 15) is 9.18 Å². The Hall–Kier alpha value is -2.01. The minimum Gasteiger partial charge on any atom is -0.480 e. The van der Waals surface area contributed by atoms with Gasteiger partial charge in [-0.2, -0.15) is 0 Å². The van der Waals surface area contributed by atoms with E-state index in [1.165, 1.54) is 6.07 Å². The molecule has 0 aliphatic rings. The number of aromatic nitrogens is 1. The molecule has 0 fully saturated rings. The molecule has 0 amide bonds. The Morgan fingerprint density at radius 1 is 1.48 bits per heavy atom. The molecule has 1 aromatic heterocycles. The molecular weight excluding hydrogens is 271 g/mol. The molecule has 112 valence electrons. The summed E-state index contributed by atoms with van der Waals surface area (Å²) in [6, 6.07) is 6.85. The molecule has 2 rings (SSSR count). The Kier molecular flexibility index (Phi) is 4.85. The van der Waals surface area contributed by atoms with Gasteiger partial charge in [-0.15, -0.1) is 0 Å². The van der Waals surface area contributed by atoms with E-state index in [2.05, 4.69) is 4.98 Å². The largest absolute Gasteiger partial charge is 0.480 e. The summed E-state index contributed by atoms with van der Waals surface area (Å²) in [5.74, 6) is -1.20. The van der Waals surface area contributed by atoms with Gasteiger partial charge in [0.25, 0.3) is 0 Å². The van der Waals surface area contributed by atoms with E-state index in [0.29, 0.717) is 12.1 Å². The van der Waals surface area contributed by atoms with Crippen molar-refractivity contribution in [3.63, 3.8) is 0 Å². The van der Waals surface area contributed by atoms with Gasteiger partial charge in [-0.1, -0.05) is 19.1 Å². The SMILES string of the molecule is CCC(C)N(CC(=O)O)Cc1cnc2c(F)cccc2c1. The van der Waals surface area contributed by atoms with Crippen molar-refractivity contribution in [2.24, 2.45) is 0 Å². The number of aliphatic carboxylic acids is 1. The van der Waals surface area contributed by atoms with Crippen LogP contribution in [0.4, 0.5) is 4.39 Å². The zero-order valence-corrected chi connectivity index (χ0v) is 12.2. The van der Waals surface area contributed by atoms with Crippen molar-refractivity contribution in [2.75, 3.05) is 6.54 Å². The molecule has 0 aliphatic heterocycles. The van der Waals surface area contributed by atoms with E-state index in [4.69, 9.17) is 5.11 Å². The number of carbonyl (C=O) groups is 1. The highest BCUT2D eigenvalue weighted by Gasteiger charge is 2.16. The highest BCUT2D eigenvalue weighted by molar-refractivity contribution is 5.79. The minimum absolute atomic E-state index is 0.0177. The van der Waals surface area contributed by atoms with Crippen molar-refractivity contribution in [3.8, 4) is 0 Å². The molecule has 1 atom stereocenters. The van der Waals surface area contributed by atoms with Crippen LogP contribution < -0.4 is 0 Å². The zero-order valence-electron chi connectivity index (χ0n) is 12.2. The van der Waals surface area contributed by atoms with E-state index >= 15 is 0 Å². The van der Waals surface area contributed by atoms with Crippen molar-refractivity contribution in [1.82, 2.24) is 9.88 Å². The number of nitrogens with zero attached hydrogens (tertiary/aromatic N) is 2. The summed E-state index contributed by atoms with van der Waals surface area (Å²) >= 11 is 0. The Morgan fingerprint density at radius 2 is 2.24 bits per heavy atom. The Bertz CT molecular complexity index is 645. The first-order chi connectivity index (χ1) is 10.0. The van der Waals surface area contributed by atoms with Crippen molar-refractivity contribution >= 4 is 16.9 Å². The molecule has 0 bridgehead atoms. The monoisotopic (exact) mass is 290 g/mol. The Morgan fingerprint density at radius 3 is 2.90 bits per heavy atom. The predicted molar refractivity (Wildman–Crippen MR) is 79.5 cm³/mol. The highest BCUT2D eigenvalue weighted by atomic mass is 19.1. The van der Waals surface area contributed by atoms with E-state index in [1.807, 2.05) is 24.8 Å². The van der Waals surface area contributed by atoms with Gasteiger partial charge in [0.2, 0.25) is 0 Å². The third-order valence-corrected chi connectivity index (χ3v) is 3.66. The maximum atomic E-state index is 13.6. The number of carboxylic acids is 1. The van der Waals surface area contributed by atoms with Crippen LogP contribution in [-0.2, 0) is 11.3 Å². The standard InChI is InChI=1S/C16H19FN2O2/c1-3-11(2)19(10-15(20)21)9-12-7-13-5-4-6-14(17)16(13)18-8-12/h4-8,11H,3,9-10H2,1-2H3,(H,20,21). The molecule has 2 aromatic rings. The Labute approximate surface area is 123 Å². The summed E-state index contributed by atoms with van der Waals surface area (Å²) in [4.78, 5) is 17.0. The summed E-state index contributed by atoms with van der Waals surface area (Å²) in [5, 5.41) is 9.74. The molecule has 5 heteroatoms. The van der Waals surface area contributed by atoms with Crippen molar-refractivity contribution in [3.05, 3.63) is 41.8 Å². The quantitative estimate of drug-likeness (QED) is 0.888.